The Labute approximate surface area is 123 Å². The van der Waals surface area contributed by atoms with E-state index in [1.54, 1.807) is 29.2 Å². The van der Waals surface area contributed by atoms with E-state index in [1.807, 2.05) is 6.92 Å². The lowest BCUT2D eigenvalue weighted by Gasteiger charge is -2.36. The van der Waals surface area contributed by atoms with Crippen LogP contribution in [0.25, 0.3) is 0 Å². The number of phenolic OH excluding ortho intramolecular Hbond substituents is 1. The Morgan fingerprint density at radius 1 is 1.48 bits per heavy atom. The second-order valence-corrected chi connectivity index (χ2v) is 5.22. The lowest BCUT2D eigenvalue weighted by atomic mass is 10.0. The minimum absolute atomic E-state index is 0.117. The highest BCUT2D eigenvalue weighted by atomic mass is 16.3. The van der Waals surface area contributed by atoms with E-state index in [0.29, 0.717) is 25.9 Å². The Balaban J connectivity index is 2.04. The maximum absolute atomic E-state index is 12.5. The van der Waals surface area contributed by atoms with Crippen LogP contribution in [0.1, 0.15) is 18.9 Å². The molecule has 1 saturated heterocycles. The van der Waals surface area contributed by atoms with Gasteiger partial charge in [-0.3, -0.25) is 9.59 Å². The average Bonchev–Trinajstić information content (AvgIpc) is 2.48. The van der Waals surface area contributed by atoms with Crippen LogP contribution >= 0.6 is 0 Å². The zero-order chi connectivity index (χ0) is 15.4. The molecule has 0 spiro atoms. The molecule has 1 aromatic carbocycles. The van der Waals surface area contributed by atoms with E-state index >= 15 is 0 Å². The van der Waals surface area contributed by atoms with Gasteiger partial charge >= 0.3 is 0 Å². The fraction of sp³-hybridized carbons (Fsp3) is 0.467. The molecule has 21 heavy (non-hydrogen) atoms. The lowest BCUT2D eigenvalue weighted by Crippen LogP contribution is -2.60. The third-order valence-corrected chi connectivity index (χ3v) is 3.71. The number of carbonyl (C=O) groups excluding carboxylic acids is 2. The first-order valence-corrected chi connectivity index (χ1v) is 7.14. The van der Waals surface area contributed by atoms with Gasteiger partial charge in [0.25, 0.3) is 0 Å². The Hall–Kier alpha value is -2.08. The monoisotopic (exact) mass is 291 g/mol. The summed E-state index contributed by atoms with van der Waals surface area (Å²) in [6.45, 7) is 2.83. The van der Waals surface area contributed by atoms with Crippen LogP contribution in [0.5, 0.6) is 5.75 Å². The van der Waals surface area contributed by atoms with E-state index in [4.69, 9.17) is 5.73 Å². The summed E-state index contributed by atoms with van der Waals surface area (Å²) in [4.78, 5) is 25.8. The number of benzene rings is 1. The third kappa shape index (κ3) is 3.52. The fourth-order valence-corrected chi connectivity index (χ4v) is 2.57. The number of hydrogen-bond donors (Lipinski definition) is 3. The topological polar surface area (TPSA) is 95.7 Å². The van der Waals surface area contributed by atoms with Gasteiger partial charge in [0.2, 0.25) is 11.8 Å². The molecule has 6 nitrogen and oxygen atoms in total. The number of nitrogens with one attached hydrogen (secondary N) is 1. The minimum Gasteiger partial charge on any atom is -0.508 e. The highest BCUT2D eigenvalue weighted by molar-refractivity contribution is 5.90. The summed E-state index contributed by atoms with van der Waals surface area (Å²) < 4.78 is 0. The molecule has 6 heteroatoms. The molecular weight excluding hydrogens is 270 g/mol. The SMILES string of the molecule is CCC1C(=O)NCCN1C(=O)[C@@H](N)Cc1ccc(O)cc1. The van der Waals surface area contributed by atoms with Crippen molar-refractivity contribution in [3.8, 4) is 5.75 Å². The van der Waals surface area contributed by atoms with E-state index in [-0.39, 0.29) is 17.6 Å². The van der Waals surface area contributed by atoms with Crippen molar-refractivity contribution >= 4 is 11.8 Å². The molecule has 114 valence electrons. The van der Waals surface area contributed by atoms with Crippen molar-refractivity contribution in [2.45, 2.75) is 31.8 Å². The number of phenols is 1. The molecule has 1 aliphatic rings. The molecule has 2 atom stereocenters. The summed E-state index contributed by atoms with van der Waals surface area (Å²) in [6, 6.07) is 5.49. The van der Waals surface area contributed by atoms with Crippen molar-refractivity contribution in [2.75, 3.05) is 13.1 Å². The molecule has 0 aliphatic carbocycles. The second-order valence-electron chi connectivity index (χ2n) is 5.22. The zero-order valence-corrected chi connectivity index (χ0v) is 12.1. The molecule has 1 heterocycles. The maximum Gasteiger partial charge on any atom is 0.242 e. The molecule has 1 aromatic rings. The number of amides is 2. The normalized spacial score (nSPS) is 20.0. The molecule has 2 amide bonds. The van der Waals surface area contributed by atoms with Gasteiger partial charge in [-0.25, -0.2) is 0 Å². The average molecular weight is 291 g/mol. The van der Waals surface area contributed by atoms with Crippen LogP contribution in [0.2, 0.25) is 0 Å². The van der Waals surface area contributed by atoms with Crippen LogP contribution in [-0.4, -0.2) is 47.0 Å². The summed E-state index contributed by atoms with van der Waals surface area (Å²) in [5.41, 5.74) is 6.87. The van der Waals surface area contributed by atoms with Crippen molar-refractivity contribution in [3.05, 3.63) is 29.8 Å². The van der Waals surface area contributed by atoms with Crippen LogP contribution < -0.4 is 11.1 Å². The molecule has 0 saturated carbocycles. The molecule has 1 fully saturated rings. The van der Waals surface area contributed by atoms with E-state index in [9.17, 15) is 14.7 Å². The standard InChI is InChI=1S/C15H21N3O3/c1-2-13-14(20)17-7-8-18(13)15(21)12(16)9-10-3-5-11(19)6-4-10/h3-6,12-13,19H,2,7-9,16H2,1H3,(H,17,20)/t12-,13?/m0/s1. The number of piperazine rings is 1. The van der Waals surface area contributed by atoms with E-state index in [1.165, 1.54) is 0 Å². The fourth-order valence-electron chi connectivity index (χ4n) is 2.57. The number of carbonyl (C=O) groups is 2. The number of nitrogens with zero attached hydrogens (tertiary/aromatic N) is 1. The minimum atomic E-state index is -0.686. The molecule has 1 aliphatic heterocycles. The molecule has 2 rings (SSSR count). The Morgan fingerprint density at radius 3 is 2.76 bits per heavy atom. The predicted molar refractivity (Wildman–Crippen MR) is 78.6 cm³/mol. The Bertz CT molecular complexity index is 515. The van der Waals surface area contributed by atoms with Crippen LogP contribution in [0, 0.1) is 0 Å². The van der Waals surface area contributed by atoms with Gasteiger partial charge in [-0.05, 0) is 30.5 Å². The molecular formula is C15H21N3O3. The summed E-state index contributed by atoms with van der Waals surface area (Å²) in [5.74, 6) is -0.142. The molecule has 0 bridgehead atoms. The molecule has 0 aromatic heterocycles. The van der Waals surface area contributed by atoms with Gasteiger partial charge in [-0.2, -0.15) is 0 Å². The van der Waals surface area contributed by atoms with Gasteiger partial charge in [-0.15, -0.1) is 0 Å². The number of nitrogens with two attached hydrogens (primary N) is 1. The summed E-state index contributed by atoms with van der Waals surface area (Å²) in [6.07, 6.45) is 0.956. The number of aromatic hydroxyl groups is 1. The zero-order valence-electron chi connectivity index (χ0n) is 12.1. The first-order valence-electron chi connectivity index (χ1n) is 7.14. The Kier molecular flexibility index (Phi) is 4.80. The van der Waals surface area contributed by atoms with Crippen molar-refractivity contribution < 1.29 is 14.7 Å². The van der Waals surface area contributed by atoms with E-state index in [0.717, 1.165) is 5.56 Å². The lowest BCUT2D eigenvalue weighted by molar-refractivity contribution is -0.144. The van der Waals surface area contributed by atoms with Gasteiger partial charge in [0.15, 0.2) is 0 Å². The number of hydrogen-bond acceptors (Lipinski definition) is 4. The van der Waals surface area contributed by atoms with Crippen molar-refractivity contribution in [3.63, 3.8) is 0 Å². The quantitative estimate of drug-likeness (QED) is 0.727. The second kappa shape index (κ2) is 6.58. The van der Waals surface area contributed by atoms with Crippen LogP contribution in [0.4, 0.5) is 0 Å². The van der Waals surface area contributed by atoms with Crippen LogP contribution in [-0.2, 0) is 16.0 Å². The van der Waals surface area contributed by atoms with Crippen LogP contribution in [0.3, 0.4) is 0 Å². The first-order chi connectivity index (χ1) is 10.0. The highest BCUT2D eigenvalue weighted by Crippen LogP contribution is 2.14. The predicted octanol–water partition coefficient (Wildman–Crippen LogP) is -0.001000. The van der Waals surface area contributed by atoms with Gasteiger partial charge in [-0.1, -0.05) is 19.1 Å². The van der Waals surface area contributed by atoms with Gasteiger partial charge in [0.05, 0.1) is 6.04 Å². The van der Waals surface area contributed by atoms with Crippen molar-refractivity contribution in [2.24, 2.45) is 5.73 Å². The first kappa shape index (κ1) is 15.3. The summed E-state index contributed by atoms with van der Waals surface area (Å²) in [5, 5.41) is 12.0. The van der Waals surface area contributed by atoms with E-state index < -0.39 is 12.1 Å². The molecule has 0 radical (unpaired) electrons. The summed E-state index contributed by atoms with van der Waals surface area (Å²) >= 11 is 0. The van der Waals surface area contributed by atoms with E-state index in [2.05, 4.69) is 5.32 Å². The van der Waals surface area contributed by atoms with Gasteiger partial charge < -0.3 is 21.1 Å². The molecule has 4 N–H and O–H groups in total. The maximum atomic E-state index is 12.5. The number of rotatable bonds is 4. The molecule has 1 unspecified atom stereocenters. The highest BCUT2D eigenvalue weighted by Gasteiger charge is 2.33. The van der Waals surface area contributed by atoms with Gasteiger partial charge in [0.1, 0.15) is 11.8 Å². The third-order valence-electron chi connectivity index (χ3n) is 3.71. The summed E-state index contributed by atoms with van der Waals surface area (Å²) in [7, 11) is 0. The van der Waals surface area contributed by atoms with Crippen LogP contribution in [0.15, 0.2) is 24.3 Å². The van der Waals surface area contributed by atoms with Gasteiger partial charge in [0, 0.05) is 13.1 Å². The largest absolute Gasteiger partial charge is 0.508 e. The van der Waals surface area contributed by atoms with Crippen molar-refractivity contribution in [1.29, 1.82) is 0 Å². The van der Waals surface area contributed by atoms with Crippen molar-refractivity contribution in [1.82, 2.24) is 10.2 Å². The Morgan fingerprint density at radius 2 is 2.14 bits per heavy atom. The smallest absolute Gasteiger partial charge is 0.242 e.